The standard InChI is InChI=1S/C8H11F3N2S.ClH/c1-3-7(2,12)6-13-5(4-14-6)8(9,10)11;/h4H,3,12H2,1-2H3;1H. The van der Waals surface area contributed by atoms with E-state index in [1.54, 1.807) is 6.92 Å². The fraction of sp³-hybridized carbons (Fsp3) is 0.625. The van der Waals surface area contributed by atoms with Crippen molar-refractivity contribution in [3.8, 4) is 0 Å². The minimum Gasteiger partial charge on any atom is -0.320 e. The molecule has 0 radical (unpaired) electrons. The van der Waals surface area contributed by atoms with Gasteiger partial charge in [-0.05, 0) is 13.3 Å². The molecule has 1 aromatic heterocycles. The first-order valence-electron chi connectivity index (χ1n) is 4.09. The summed E-state index contributed by atoms with van der Waals surface area (Å²) in [5.74, 6) is 0. The predicted octanol–water partition coefficient (Wildman–Crippen LogP) is 3.17. The van der Waals surface area contributed by atoms with Crippen LogP contribution in [0.3, 0.4) is 0 Å². The van der Waals surface area contributed by atoms with E-state index in [-0.39, 0.29) is 12.4 Å². The van der Waals surface area contributed by atoms with Crippen molar-refractivity contribution >= 4 is 23.7 Å². The summed E-state index contributed by atoms with van der Waals surface area (Å²) in [7, 11) is 0. The molecule has 0 fully saturated rings. The highest BCUT2D eigenvalue weighted by Crippen LogP contribution is 2.33. The fourth-order valence-corrected chi connectivity index (χ4v) is 1.79. The van der Waals surface area contributed by atoms with Crippen LogP contribution in [0.1, 0.15) is 31.0 Å². The molecule has 1 atom stereocenters. The third-order valence-corrected chi connectivity index (χ3v) is 3.14. The van der Waals surface area contributed by atoms with Crippen LogP contribution in [-0.4, -0.2) is 4.98 Å². The molecule has 0 aliphatic heterocycles. The fourth-order valence-electron chi connectivity index (χ4n) is 0.817. The van der Waals surface area contributed by atoms with Crippen molar-refractivity contribution in [1.82, 2.24) is 4.98 Å². The second-order valence-corrected chi connectivity index (χ2v) is 4.16. The molecule has 1 unspecified atom stereocenters. The van der Waals surface area contributed by atoms with E-state index in [0.717, 1.165) is 16.7 Å². The molecule has 0 aliphatic rings. The number of alkyl halides is 3. The second kappa shape index (κ2) is 4.67. The van der Waals surface area contributed by atoms with E-state index in [9.17, 15) is 13.2 Å². The number of nitrogens with two attached hydrogens (primary N) is 1. The summed E-state index contributed by atoms with van der Waals surface area (Å²) in [6, 6.07) is 0. The zero-order valence-corrected chi connectivity index (χ0v) is 9.89. The molecule has 0 bridgehead atoms. The van der Waals surface area contributed by atoms with E-state index in [4.69, 9.17) is 5.73 Å². The number of hydrogen-bond acceptors (Lipinski definition) is 3. The summed E-state index contributed by atoms with van der Waals surface area (Å²) in [6.45, 7) is 3.49. The van der Waals surface area contributed by atoms with Crippen molar-refractivity contribution in [2.24, 2.45) is 5.73 Å². The Morgan fingerprint density at radius 2 is 2.00 bits per heavy atom. The molecule has 1 rings (SSSR count). The van der Waals surface area contributed by atoms with Crippen LogP contribution in [0, 0.1) is 0 Å². The number of rotatable bonds is 2. The van der Waals surface area contributed by atoms with Crippen LogP contribution in [-0.2, 0) is 11.7 Å². The molecule has 0 aliphatic carbocycles. The maximum atomic E-state index is 12.2. The molecule has 2 N–H and O–H groups in total. The van der Waals surface area contributed by atoms with E-state index in [2.05, 4.69) is 4.98 Å². The smallest absolute Gasteiger partial charge is 0.320 e. The maximum Gasteiger partial charge on any atom is 0.434 e. The van der Waals surface area contributed by atoms with Gasteiger partial charge in [-0.3, -0.25) is 0 Å². The van der Waals surface area contributed by atoms with Crippen molar-refractivity contribution < 1.29 is 13.2 Å². The minimum atomic E-state index is -4.38. The molecule has 88 valence electrons. The Morgan fingerprint density at radius 1 is 1.47 bits per heavy atom. The van der Waals surface area contributed by atoms with Gasteiger partial charge < -0.3 is 5.73 Å². The summed E-state index contributed by atoms with van der Waals surface area (Å²) in [5, 5.41) is 1.32. The lowest BCUT2D eigenvalue weighted by atomic mass is 10.0. The van der Waals surface area contributed by atoms with Gasteiger partial charge in [0.2, 0.25) is 0 Å². The summed E-state index contributed by atoms with van der Waals surface area (Å²) in [6.07, 6.45) is -3.82. The van der Waals surface area contributed by atoms with Gasteiger partial charge in [-0.25, -0.2) is 4.98 Å². The third-order valence-electron chi connectivity index (χ3n) is 2.02. The summed E-state index contributed by atoms with van der Waals surface area (Å²) in [5.41, 5.74) is 4.15. The Balaban J connectivity index is 0.00000196. The van der Waals surface area contributed by atoms with Crippen LogP contribution in [0.15, 0.2) is 5.38 Å². The van der Waals surface area contributed by atoms with Gasteiger partial charge in [-0.2, -0.15) is 13.2 Å². The zero-order chi connectivity index (χ0) is 11.0. The Kier molecular flexibility index (Phi) is 4.57. The average Bonchev–Trinajstić information content (AvgIpc) is 2.51. The van der Waals surface area contributed by atoms with Crippen molar-refractivity contribution in [3.63, 3.8) is 0 Å². The highest BCUT2D eigenvalue weighted by molar-refractivity contribution is 7.09. The van der Waals surface area contributed by atoms with Crippen molar-refractivity contribution in [2.45, 2.75) is 32.0 Å². The molecule has 0 amide bonds. The van der Waals surface area contributed by atoms with Gasteiger partial charge in [0.1, 0.15) is 5.01 Å². The van der Waals surface area contributed by atoms with E-state index in [1.807, 2.05) is 6.92 Å². The monoisotopic (exact) mass is 260 g/mol. The van der Waals surface area contributed by atoms with Gasteiger partial charge >= 0.3 is 6.18 Å². The molecule has 0 spiro atoms. The van der Waals surface area contributed by atoms with Crippen molar-refractivity contribution in [2.75, 3.05) is 0 Å². The highest BCUT2D eigenvalue weighted by Gasteiger charge is 2.35. The van der Waals surface area contributed by atoms with Gasteiger partial charge in [-0.1, -0.05) is 6.92 Å². The van der Waals surface area contributed by atoms with Crippen LogP contribution in [0.25, 0.3) is 0 Å². The number of aromatic nitrogens is 1. The molecule has 7 heteroatoms. The Hall–Kier alpha value is -0.330. The van der Waals surface area contributed by atoms with Gasteiger partial charge in [0.15, 0.2) is 5.69 Å². The largest absolute Gasteiger partial charge is 0.434 e. The van der Waals surface area contributed by atoms with Crippen molar-refractivity contribution in [3.05, 3.63) is 16.1 Å². The molecular formula is C8H12ClF3N2S. The first-order chi connectivity index (χ1) is 6.27. The van der Waals surface area contributed by atoms with E-state index in [0.29, 0.717) is 11.4 Å². The van der Waals surface area contributed by atoms with E-state index >= 15 is 0 Å². The highest BCUT2D eigenvalue weighted by atomic mass is 35.5. The zero-order valence-electron chi connectivity index (χ0n) is 8.26. The number of thiazole rings is 1. The van der Waals surface area contributed by atoms with Gasteiger partial charge in [-0.15, -0.1) is 23.7 Å². The summed E-state index contributed by atoms with van der Waals surface area (Å²) < 4.78 is 36.6. The summed E-state index contributed by atoms with van der Waals surface area (Å²) in [4.78, 5) is 3.49. The Bertz CT molecular complexity index is 322. The van der Waals surface area contributed by atoms with Crippen LogP contribution in [0.4, 0.5) is 13.2 Å². The number of halogens is 4. The SMILES string of the molecule is CCC(C)(N)c1nc(C(F)(F)F)cs1.Cl. The Morgan fingerprint density at radius 3 is 2.33 bits per heavy atom. The molecule has 0 aromatic carbocycles. The first kappa shape index (κ1) is 14.7. The molecular weight excluding hydrogens is 249 g/mol. The molecule has 1 aromatic rings. The number of nitrogens with zero attached hydrogens (tertiary/aromatic N) is 1. The molecule has 15 heavy (non-hydrogen) atoms. The maximum absolute atomic E-state index is 12.2. The quantitative estimate of drug-likeness (QED) is 0.887. The normalized spacial score (nSPS) is 15.6. The van der Waals surface area contributed by atoms with Gasteiger partial charge in [0, 0.05) is 5.38 Å². The lowest BCUT2D eigenvalue weighted by molar-refractivity contribution is -0.140. The van der Waals surface area contributed by atoms with Gasteiger partial charge in [0.25, 0.3) is 0 Å². The lowest BCUT2D eigenvalue weighted by Gasteiger charge is -2.18. The van der Waals surface area contributed by atoms with Crippen molar-refractivity contribution in [1.29, 1.82) is 0 Å². The predicted molar refractivity (Wildman–Crippen MR) is 56.2 cm³/mol. The number of hydrogen-bond donors (Lipinski definition) is 1. The molecule has 0 saturated heterocycles. The molecule has 0 saturated carbocycles. The second-order valence-electron chi connectivity index (χ2n) is 3.31. The Labute approximate surface area is 96.1 Å². The average molecular weight is 261 g/mol. The first-order valence-corrected chi connectivity index (χ1v) is 4.97. The van der Waals surface area contributed by atoms with Crippen LogP contribution >= 0.6 is 23.7 Å². The van der Waals surface area contributed by atoms with Crippen LogP contribution in [0.2, 0.25) is 0 Å². The molecule has 2 nitrogen and oxygen atoms in total. The lowest BCUT2D eigenvalue weighted by Crippen LogP contribution is -2.32. The van der Waals surface area contributed by atoms with Crippen LogP contribution < -0.4 is 5.73 Å². The van der Waals surface area contributed by atoms with Crippen LogP contribution in [0.5, 0.6) is 0 Å². The molecule has 1 heterocycles. The van der Waals surface area contributed by atoms with E-state index < -0.39 is 17.4 Å². The summed E-state index contributed by atoms with van der Waals surface area (Å²) >= 11 is 0.952. The van der Waals surface area contributed by atoms with E-state index in [1.165, 1.54) is 0 Å². The topological polar surface area (TPSA) is 38.9 Å². The van der Waals surface area contributed by atoms with Gasteiger partial charge in [0.05, 0.1) is 5.54 Å². The minimum absolute atomic E-state index is 0. The third kappa shape index (κ3) is 3.32.